The largest absolute Gasteiger partial charge is 0.444 e. The van der Waals surface area contributed by atoms with E-state index in [2.05, 4.69) is 18.2 Å². The number of fused-ring (bicyclic) bond motifs is 2. The van der Waals surface area contributed by atoms with Crippen LogP contribution in [0.2, 0.25) is 5.02 Å². The molecule has 1 aromatic carbocycles. The fraction of sp³-hybridized carbons (Fsp3) is 0.526. The van der Waals surface area contributed by atoms with Gasteiger partial charge < -0.3 is 9.47 Å². The predicted octanol–water partition coefficient (Wildman–Crippen LogP) is 4.44. The molecule has 2 aliphatic rings. The van der Waals surface area contributed by atoms with E-state index >= 15 is 0 Å². The number of halogens is 1. The number of hydrogen-bond acceptors (Lipinski definition) is 3. The number of hydrogen-bond donors (Lipinski definition) is 0. The summed E-state index contributed by atoms with van der Waals surface area (Å²) in [6, 6.07) is 5.97. The summed E-state index contributed by atoms with van der Waals surface area (Å²) in [6.07, 6.45) is 2.54. The van der Waals surface area contributed by atoms with Crippen LogP contribution in [0.15, 0.2) is 24.3 Å². The molecule has 0 spiro atoms. The van der Waals surface area contributed by atoms with Gasteiger partial charge in [-0.2, -0.15) is 0 Å². The molecule has 5 heteroatoms. The van der Waals surface area contributed by atoms with Crippen LogP contribution in [-0.4, -0.2) is 41.9 Å². The first-order chi connectivity index (χ1) is 11.2. The van der Waals surface area contributed by atoms with Crippen molar-refractivity contribution in [1.82, 2.24) is 4.90 Å². The molecule has 2 aliphatic heterocycles. The number of benzene rings is 1. The van der Waals surface area contributed by atoms with Gasteiger partial charge in [0, 0.05) is 5.02 Å². The van der Waals surface area contributed by atoms with Crippen LogP contribution < -0.4 is 0 Å². The smallest absolute Gasteiger partial charge is 0.411 e. The Morgan fingerprint density at radius 3 is 2.71 bits per heavy atom. The molecule has 0 saturated carbocycles. The molecule has 1 amide bonds. The average molecular weight is 350 g/mol. The highest BCUT2D eigenvalue weighted by Crippen LogP contribution is 2.36. The van der Waals surface area contributed by atoms with Crippen molar-refractivity contribution in [2.75, 3.05) is 13.2 Å². The molecule has 24 heavy (non-hydrogen) atoms. The van der Waals surface area contributed by atoms with Gasteiger partial charge in [-0.1, -0.05) is 29.8 Å². The van der Waals surface area contributed by atoms with E-state index in [0.717, 1.165) is 22.6 Å². The zero-order valence-corrected chi connectivity index (χ0v) is 15.4. The zero-order chi connectivity index (χ0) is 17.5. The van der Waals surface area contributed by atoms with E-state index in [4.69, 9.17) is 21.1 Å². The van der Waals surface area contributed by atoms with Crippen molar-refractivity contribution in [3.05, 3.63) is 40.4 Å². The van der Waals surface area contributed by atoms with Gasteiger partial charge in [0.25, 0.3) is 0 Å². The van der Waals surface area contributed by atoms with Gasteiger partial charge in [0.15, 0.2) is 0 Å². The summed E-state index contributed by atoms with van der Waals surface area (Å²) in [5.74, 6) is 0. The first-order valence-corrected chi connectivity index (χ1v) is 8.69. The maximum atomic E-state index is 12.6. The SMILES string of the molecule is Cc1ccc(C2=CC3COCC(C2)N3C(=O)OC(C)(C)C)c(Cl)c1. The first kappa shape index (κ1) is 17.3. The normalized spacial score (nSPS) is 23.7. The highest BCUT2D eigenvalue weighted by Gasteiger charge is 2.40. The molecule has 1 aromatic rings. The van der Waals surface area contributed by atoms with Gasteiger partial charge in [0.2, 0.25) is 0 Å². The second-order valence-corrected chi connectivity index (χ2v) is 7.93. The molecular formula is C19H24ClNO3. The Hall–Kier alpha value is -1.52. The zero-order valence-electron chi connectivity index (χ0n) is 14.6. The lowest BCUT2D eigenvalue weighted by Crippen LogP contribution is -2.57. The molecule has 2 unspecified atom stereocenters. The number of amides is 1. The summed E-state index contributed by atoms with van der Waals surface area (Å²) in [4.78, 5) is 14.4. The van der Waals surface area contributed by atoms with Gasteiger partial charge in [-0.05, 0) is 56.9 Å². The molecule has 0 radical (unpaired) electrons. The number of aryl methyl sites for hydroxylation is 1. The number of nitrogens with zero attached hydrogens (tertiary/aromatic N) is 1. The molecule has 0 aromatic heterocycles. The standard InChI is InChI=1S/C19H24ClNO3/c1-12-5-6-16(17(20)7-12)13-8-14-10-23-11-15(9-13)21(14)18(22)24-19(2,3)4/h5-8,14-15H,9-11H2,1-4H3. The van der Waals surface area contributed by atoms with Gasteiger partial charge in [0.05, 0.1) is 25.3 Å². The number of rotatable bonds is 1. The number of carbonyl (C=O) groups is 1. The van der Waals surface area contributed by atoms with Gasteiger partial charge in [0.1, 0.15) is 5.60 Å². The summed E-state index contributed by atoms with van der Waals surface area (Å²) in [6.45, 7) is 8.69. The van der Waals surface area contributed by atoms with Crippen molar-refractivity contribution in [3.63, 3.8) is 0 Å². The minimum absolute atomic E-state index is 0.0176. The van der Waals surface area contributed by atoms with Crippen LogP contribution in [0.4, 0.5) is 4.79 Å². The third-order valence-corrected chi connectivity index (χ3v) is 4.59. The van der Waals surface area contributed by atoms with Crippen LogP contribution in [0, 0.1) is 6.92 Å². The molecule has 1 saturated heterocycles. The summed E-state index contributed by atoms with van der Waals surface area (Å²) in [5.41, 5.74) is 2.86. The Morgan fingerprint density at radius 2 is 2.08 bits per heavy atom. The van der Waals surface area contributed by atoms with Gasteiger partial charge in [-0.3, -0.25) is 4.90 Å². The lowest BCUT2D eigenvalue weighted by Gasteiger charge is -2.44. The maximum Gasteiger partial charge on any atom is 0.411 e. The summed E-state index contributed by atoms with van der Waals surface area (Å²) in [7, 11) is 0. The fourth-order valence-electron chi connectivity index (χ4n) is 3.28. The Labute approximate surface area is 148 Å². The second kappa shape index (κ2) is 6.41. The molecule has 2 atom stereocenters. The van der Waals surface area contributed by atoms with Gasteiger partial charge in [-0.15, -0.1) is 0 Å². The minimum Gasteiger partial charge on any atom is -0.444 e. The van der Waals surface area contributed by atoms with Crippen molar-refractivity contribution < 1.29 is 14.3 Å². The van der Waals surface area contributed by atoms with Crippen molar-refractivity contribution in [2.45, 2.75) is 51.8 Å². The van der Waals surface area contributed by atoms with Crippen LogP contribution in [0.3, 0.4) is 0 Å². The highest BCUT2D eigenvalue weighted by molar-refractivity contribution is 6.32. The lowest BCUT2D eigenvalue weighted by atomic mass is 9.89. The van der Waals surface area contributed by atoms with Crippen LogP contribution >= 0.6 is 11.6 Å². The van der Waals surface area contributed by atoms with E-state index in [9.17, 15) is 4.79 Å². The molecule has 130 valence electrons. The van der Waals surface area contributed by atoms with Crippen molar-refractivity contribution in [1.29, 1.82) is 0 Å². The number of carbonyl (C=O) groups excluding carboxylic acids is 1. The highest BCUT2D eigenvalue weighted by atomic mass is 35.5. The molecule has 4 nitrogen and oxygen atoms in total. The second-order valence-electron chi connectivity index (χ2n) is 7.53. The van der Waals surface area contributed by atoms with E-state index in [1.54, 1.807) is 0 Å². The molecule has 2 bridgehead atoms. The van der Waals surface area contributed by atoms with E-state index in [1.165, 1.54) is 5.57 Å². The first-order valence-electron chi connectivity index (χ1n) is 8.31. The van der Waals surface area contributed by atoms with E-state index < -0.39 is 5.60 Å². The quantitative estimate of drug-likeness (QED) is 0.752. The van der Waals surface area contributed by atoms with Crippen LogP contribution in [0.25, 0.3) is 5.57 Å². The van der Waals surface area contributed by atoms with Crippen molar-refractivity contribution >= 4 is 23.3 Å². The van der Waals surface area contributed by atoms with Crippen LogP contribution in [0.1, 0.15) is 38.3 Å². The van der Waals surface area contributed by atoms with Crippen LogP contribution in [0.5, 0.6) is 0 Å². The molecular weight excluding hydrogens is 326 g/mol. The van der Waals surface area contributed by atoms with E-state index in [-0.39, 0.29) is 18.2 Å². The molecule has 0 N–H and O–H groups in total. The fourth-order valence-corrected chi connectivity index (χ4v) is 3.63. The number of ether oxygens (including phenoxy) is 2. The third-order valence-electron chi connectivity index (χ3n) is 4.27. The molecule has 1 fully saturated rings. The summed E-state index contributed by atoms with van der Waals surface area (Å²) >= 11 is 6.43. The van der Waals surface area contributed by atoms with E-state index in [1.807, 2.05) is 38.7 Å². The average Bonchev–Trinajstić information content (AvgIpc) is 2.44. The topological polar surface area (TPSA) is 38.8 Å². The summed E-state index contributed by atoms with van der Waals surface area (Å²) < 4.78 is 11.2. The van der Waals surface area contributed by atoms with Crippen LogP contribution in [-0.2, 0) is 9.47 Å². The van der Waals surface area contributed by atoms with Crippen molar-refractivity contribution in [2.24, 2.45) is 0 Å². The third kappa shape index (κ3) is 3.60. The predicted molar refractivity (Wildman–Crippen MR) is 95.3 cm³/mol. The van der Waals surface area contributed by atoms with E-state index in [0.29, 0.717) is 13.2 Å². The van der Waals surface area contributed by atoms with Gasteiger partial charge in [-0.25, -0.2) is 4.79 Å². The summed E-state index contributed by atoms with van der Waals surface area (Å²) in [5, 5.41) is 0.756. The minimum atomic E-state index is -0.503. The Kier molecular flexibility index (Phi) is 4.63. The Bertz CT molecular complexity index is 678. The van der Waals surface area contributed by atoms with Crippen molar-refractivity contribution in [3.8, 4) is 0 Å². The Morgan fingerprint density at radius 1 is 1.33 bits per heavy atom. The molecule has 3 rings (SSSR count). The molecule has 2 heterocycles. The monoisotopic (exact) mass is 349 g/mol. The lowest BCUT2D eigenvalue weighted by molar-refractivity contribution is -0.0510. The van der Waals surface area contributed by atoms with Gasteiger partial charge >= 0.3 is 6.09 Å². The number of morpholine rings is 1. The maximum absolute atomic E-state index is 12.6. The molecule has 0 aliphatic carbocycles. The Balaban J connectivity index is 1.88.